The summed E-state index contributed by atoms with van der Waals surface area (Å²) in [6.45, 7) is 4.29. The molecule has 1 aromatic rings. The summed E-state index contributed by atoms with van der Waals surface area (Å²) in [7, 11) is 1.73. The van der Waals surface area contributed by atoms with Crippen LogP contribution >= 0.6 is 11.6 Å². The first-order valence-electron chi connectivity index (χ1n) is 5.25. The molecule has 0 aliphatic carbocycles. The van der Waals surface area contributed by atoms with Crippen LogP contribution in [0, 0.1) is 0 Å². The molecule has 0 aliphatic rings. The second kappa shape index (κ2) is 5.67. The third-order valence-corrected chi connectivity index (χ3v) is 2.54. The molecule has 0 bridgehead atoms. The molecule has 1 atom stereocenters. The lowest BCUT2D eigenvalue weighted by Gasteiger charge is -2.21. The fraction of sp³-hybridized carbons (Fsp3) is 0.500. The van der Waals surface area contributed by atoms with Gasteiger partial charge in [-0.15, -0.1) is 0 Å². The Kier molecular flexibility index (Phi) is 4.51. The molecular formula is C10H16ClN5O. The first kappa shape index (κ1) is 13.5. The standard InChI is InChI=1S/C10H16ClN5O/c1-4-16(3)9(17)6(2)14-8-7(12)5-13-10(11)15-8/h5-6H,4,12H2,1-3H3,(H,13,14,15). The topological polar surface area (TPSA) is 84.1 Å². The molecule has 0 saturated heterocycles. The predicted molar refractivity (Wildman–Crippen MR) is 67.9 cm³/mol. The lowest BCUT2D eigenvalue weighted by molar-refractivity contribution is -0.130. The van der Waals surface area contributed by atoms with E-state index in [4.69, 9.17) is 17.3 Å². The van der Waals surface area contributed by atoms with E-state index in [1.165, 1.54) is 6.20 Å². The zero-order valence-electron chi connectivity index (χ0n) is 10.1. The molecule has 17 heavy (non-hydrogen) atoms. The molecule has 3 N–H and O–H groups in total. The van der Waals surface area contributed by atoms with Gasteiger partial charge >= 0.3 is 0 Å². The van der Waals surface area contributed by atoms with Crippen LogP contribution < -0.4 is 11.1 Å². The van der Waals surface area contributed by atoms with Gasteiger partial charge in [-0.25, -0.2) is 4.98 Å². The highest BCUT2D eigenvalue weighted by Crippen LogP contribution is 2.17. The van der Waals surface area contributed by atoms with Crippen molar-refractivity contribution in [1.29, 1.82) is 0 Å². The third kappa shape index (κ3) is 3.45. The number of anilines is 2. The maximum absolute atomic E-state index is 11.8. The van der Waals surface area contributed by atoms with E-state index in [2.05, 4.69) is 15.3 Å². The van der Waals surface area contributed by atoms with E-state index in [1.54, 1.807) is 18.9 Å². The average Bonchev–Trinajstić information content (AvgIpc) is 2.31. The minimum atomic E-state index is -0.423. The molecule has 94 valence electrons. The fourth-order valence-electron chi connectivity index (χ4n) is 1.24. The predicted octanol–water partition coefficient (Wildman–Crippen LogP) is 0.991. The summed E-state index contributed by atoms with van der Waals surface area (Å²) in [5, 5.41) is 3.00. The number of nitrogen functional groups attached to an aromatic ring is 1. The highest BCUT2D eigenvalue weighted by Gasteiger charge is 2.17. The van der Waals surface area contributed by atoms with Crippen LogP contribution in [-0.2, 0) is 4.79 Å². The maximum Gasteiger partial charge on any atom is 0.244 e. The van der Waals surface area contributed by atoms with Crippen molar-refractivity contribution in [3.8, 4) is 0 Å². The van der Waals surface area contributed by atoms with E-state index in [9.17, 15) is 4.79 Å². The Labute approximate surface area is 105 Å². The van der Waals surface area contributed by atoms with E-state index in [0.717, 1.165) is 0 Å². The van der Waals surface area contributed by atoms with Gasteiger partial charge in [0.15, 0.2) is 5.82 Å². The van der Waals surface area contributed by atoms with Crippen molar-refractivity contribution in [1.82, 2.24) is 14.9 Å². The van der Waals surface area contributed by atoms with E-state index in [0.29, 0.717) is 18.1 Å². The van der Waals surface area contributed by atoms with Crippen LogP contribution in [0.15, 0.2) is 6.20 Å². The number of nitrogens with zero attached hydrogens (tertiary/aromatic N) is 3. The fourth-order valence-corrected chi connectivity index (χ4v) is 1.37. The Hall–Kier alpha value is -1.56. The smallest absolute Gasteiger partial charge is 0.244 e. The van der Waals surface area contributed by atoms with Gasteiger partial charge in [0.2, 0.25) is 11.2 Å². The summed E-state index contributed by atoms with van der Waals surface area (Å²) in [5.41, 5.74) is 6.03. The highest BCUT2D eigenvalue weighted by molar-refractivity contribution is 6.28. The summed E-state index contributed by atoms with van der Waals surface area (Å²) < 4.78 is 0. The zero-order valence-corrected chi connectivity index (χ0v) is 10.8. The third-order valence-electron chi connectivity index (χ3n) is 2.36. The second-order valence-corrected chi connectivity index (χ2v) is 4.00. The molecule has 1 heterocycles. The van der Waals surface area contributed by atoms with Gasteiger partial charge in [-0.3, -0.25) is 4.79 Å². The van der Waals surface area contributed by atoms with Gasteiger partial charge in [-0.2, -0.15) is 4.98 Å². The van der Waals surface area contributed by atoms with Crippen LogP contribution in [0.5, 0.6) is 0 Å². The number of carbonyl (C=O) groups is 1. The van der Waals surface area contributed by atoms with Crippen LogP contribution in [0.2, 0.25) is 5.28 Å². The number of nitrogens with two attached hydrogens (primary N) is 1. The maximum atomic E-state index is 11.8. The highest BCUT2D eigenvalue weighted by atomic mass is 35.5. The number of amides is 1. The SMILES string of the molecule is CCN(C)C(=O)C(C)Nc1nc(Cl)ncc1N. The molecule has 0 aliphatic heterocycles. The molecule has 0 saturated carbocycles. The number of nitrogens with one attached hydrogen (secondary N) is 1. The summed E-state index contributed by atoms with van der Waals surface area (Å²) in [5.74, 6) is 0.331. The number of hydrogen-bond acceptors (Lipinski definition) is 5. The number of halogens is 1. The summed E-state index contributed by atoms with van der Waals surface area (Å²) >= 11 is 5.66. The van der Waals surface area contributed by atoms with Crippen molar-refractivity contribution in [3.63, 3.8) is 0 Å². The monoisotopic (exact) mass is 257 g/mol. The number of rotatable bonds is 4. The molecule has 7 heteroatoms. The molecule has 0 radical (unpaired) electrons. The minimum Gasteiger partial charge on any atom is -0.394 e. The van der Waals surface area contributed by atoms with Gasteiger partial charge in [-0.1, -0.05) is 0 Å². The van der Waals surface area contributed by atoms with Gasteiger partial charge in [0.1, 0.15) is 6.04 Å². The Morgan fingerprint density at radius 2 is 2.35 bits per heavy atom. The molecule has 1 rings (SSSR count). The van der Waals surface area contributed by atoms with E-state index >= 15 is 0 Å². The molecule has 0 spiro atoms. The van der Waals surface area contributed by atoms with Crippen LogP contribution in [0.4, 0.5) is 11.5 Å². The molecular weight excluding hydrogens is 242 g/mol. The Balaban J connectivity index is 2.77. The van der Waals surface area contributed by atoms with Gasteiger partial charge in [0.05, 0.1) is 11.9 Å². The number of hydrogen-bond donors (Lipinski definition) is 2. The largest absolute Gasteiger partial charge is 0.394 e. The van der Waals surface area contributed by atoms with Gasteiger partial charge in [0, 0.05) is 13.6 Å². The summed E-state index contributed by atoms with van der Waals surface area (Å²) in [6, 6.07) is -0.423. The van der Waals surface area contributed by atoms with E-state index in [-0.39, 0.29) is 11.2 Å². The van der Waals surface area contributed by atoms with Gasteiger partial charge in [-0.05, 0) is 25.4 Å². The normalized spacial score (nSPS) is 12.0. The number of aromatic nitrogens is 2. The van der Waals surface area contributed by atoms with Crippen molar-refractivity contribution >= 4 is 29.0 Å². The lowest BCUT2D eigenvalue weighted by Crippen LogP contribution is -2.39. The zero-order chi connectivity index (χ0) is 13.0. The van der Waals surface area contributed by atoms with Crippen molar-refractivity contribution < 1.29 is 4.79 Å². The van der Waals surface area contributed by atoms with Crippen molar-refractivity contribution in [2.45, 2.75) is 19.9 Å². The Morgan fingerprint density at radius 1 is 1.71 bits per heavy atom. The Morgan fingerprint density at radius 3 is 2.94 bits per heavy atom. The molecule has 1 unspecified atom stereocenters. The second-order valence-electron chi connectivity index (χ2n) is 3.66. The van der Waals surface area contributed by atoms with Crippen molar-refractivity contribution in [3.05, 3.63) is 11.5 Å². The lowest BCUT2D eigenvalue weighted by atomic mass is 10.3. The first-order valence-corrected chi connectivity index (χ1v) is 5.63. The average molecular weight is 258 g/mol. The number of carbonyl (C=O) groups excluding carboxylic acids is 1. The van der Waals surface area contributed by atoms with E-state index in [1.807, 2.05) is 6.92 Å². The van der Waals surface area contributed by atoms with Crippen LogP contribution in [0.1, 0.15) is 13.8 Å². The van der Waals surface area contributed by atoms with Crippen molar-refractivity contribution in [2.24, 2.45) is 0 Å². The van der Waals surface area contributed by atoms with Gasteiger partial charge in [0.25, 0.3) is 0 Å². The summed E-state index contributed by atoms with van der Waals surface area (Å²) in [4.78, 5) is 21.1. The molecule has 0 aromatic carbocycles. The first-order chi connectivity index (χ1) is 7.95. The molecule has 6 nitrogen and oxygen atoms in total. The van der Waals surface area contributed by atoms with Crippen LogP contribution in [0.25, 0.3) is 0 Å². The molecule has 1 aromatic heterocycles. The van der Waals surface area contributed by atoms with Crippen LogP contribution in [-0.4, -0.2) is 40.4 Å². The summed E-state index contributed by atoms with van der Waals surface area (Å²) in [6.07, 6.45) is 1.40. The minimum absolute atomic E-state index is 0.0402. The van der Waals surface area contributed by atoms with Gasteiger partial charge < -0.3 is 16.0 Å². The van der Waals surface area contributed by atoms with Crippen LogP contribution in [0.3, 0.4) is 0 Å². The quantitative estimate of drug-likeness (QED) is 0.786. The van der Waals surface area contributed by atoms with Crippen molar-refractivity contribution in [2.75, 3.05) is 24.6 Å². The molecule has 1 amide bonds. The van der Waals surface area contributed by atoms with E-state index < -0.39 is 6.04 Å². The molecule has 0 fully saturated rings. The number of likely N-dealkylation sites (N-methyl/N-ethyl adjacent to an activating group) is 1. The Bertz CT molecular complexity index is 412.